The highest BCUT2D eigenvalue weighted by atomic mass is 19.4. The highest BCUT2D eigenvalue weighted by Gasteiger charge is 2.30. The molecule has 0 unspecified atom stereocenters. The van der Waals surface area contributed by atoms with E-state index in [1.54, 1.807) is 24.3 Å². The Morgan fingerprint density at radius 1 is 1.00 bits per heavy atom. The quantitative estimate of drug-likeness (QED) is 0.701. The van der Waals surface area contributed by atoms with Crippen LogP contribution in [0, 0.1) is 0 Å². The van der Waals surface area contributed by atoms with E-state index in [2.05, 4.69) is 5.10 Å². The zero-order valence-electron chi connectivity index (χ0n) is 13.9. The smallest absolute Gasteiger partial charge is 0.416 e. The summed E-state index contributed by atoms with van der Waals surface area (Å²) < 4.78 is 50.3. The predicted molar refractivity (Wildman–Crippen MR) is 90.6 cm³/mol. The van der Waals surface area contributed by atoms with Crippen molar-refractivity contribution in [1.29, 1.82) is 0 Å². The molecule has 0 N–H and O–H groups in total. The summed E-state index contributed by atoms with van der Waals surface area (Å²) in [6.07, 6.45) is -4.44. The van der Waals surface area contributed by atoms with Crippen LogP contribution < -0.4 is 15.0 Å². The van der Waals surface area contributed by atoms with Gasteiger partial charge in [-0.05, 0) is 42.0 Å². The number of alkyl halides is 3. The number of nitrogens with zero attached hydrogens (tertiary/aromatic N) is 2. The van der Waals surface area contributed by atoms with Gasteiger partial charge in [0, 0.05) is 11.6 Å². The van der Waals surface area contributed by atoms with Gasteiger partial charge < -0.3 is 9.47 Å². The lowest BCUT2D eigenvalue weighted by molar-refractivity contribution is -0.137. The normalized spacial score (nSPS) is 13.0. The molecule has 0 saturated heterocycles. The molecule has 1 aromatic heterocycles. The molecular formula is C19H13F3N2O3. The van der Waals surface area contributed by atoms with Crippen molar-refractivity contribution in [2.75, 3.05) is 6.79 Å². The van der Waals surface area contributed by atoms with Gasteiger partial charge in [-0.3, -0.25) is 4.79 Å². The van der Waals surface area contributed by atoms with Crippen LogP contribution >= 0.6 is 0 Å². The Balaban J connectivity index is 1.67. The number of fused-ring (bicyclic) bond motifs is 1. The Hall–Kier alpha value is -3.29. The summed E-state index contributed by atoms with van der Waals surface area (Å²) in [5.41, 5.74) is 0.371. The number of ether oxygens (including phenoxy) is 2. The fourth-order valence-electron chi connectivity index (χ4n) is 2.79. The third-order valence-electron chi connectivity index (χ3n) is 4.12. The molecular weight excluding hydrogens is 361 g/mol. The number of hydrogen-bond acceptors (Lipinski definition) is 4. The molecule has 3 aromatic rings. The van der Waals surface area contributed by atoms with E-state index < -0.39 is 17.3 Å². The molecule has 8 heteroatoms. The van der Waals surface area contributed by atoms with Gasteiger partial charge in [0.05, 0.1) is 17.8 Å². The van der Waals surface area contributed by atoms with Gasteiger partial charge >= 0.3 is 6.18 Å². The molecule has 0 radical (unpaired) electrons. The summed E-state index contributed by atoms with van der Waals surface area (Å²) in [7, 11) is 0. The summed E-state index contributed by atoms with van der Waals surface area (Å²) >= 11 is 0. The minimum atomic E-state index is -4.44. The molecule has 0 amide bonds. The first kappa shape index (κ1) is 17.1. The maximum absolute atomic E-state index is 12.9. The van der Waals surface area contributed by atoms with E-state index >= 15 is 0 Å². The molecule has 0 atom stereocenters. The van der Waals surface area contributed by atoms with Gasteiger partial charge in [-0.2, -0.15) is 18.3 Å². The molecule has 0 bridgehead atoms. The Labute approximate surface area is 151 Å². The second-order valence-corrected chi connectivity index (χ2v) is 5.98. The molecule has 1 aliphatic heterocycles. The minimum Gasteiger partial charge on any atom is -0.454 e. The van der Waals surface area contributed by atoms with Crippen molar-refractivity contribution >= 4 is 0 Å². The molecule has 1 aliphatic rings. The molecule has 2 aromatic carbocycles. The summed E-state index contributed by atoms with van der Waals surface area (Å²) in [5, 5.41) is 4.28. The van der Waals surface area contributed by atoms with Gasteiger partial charge in [0.15, 0.2) is 11.5 Å². The van der Waals surface area contributed by atoms with Gasteiger partial charge in [0.25, 0.3) is 5.56 Å². The van der Waals surface area contributed by atoms with E-state index in [1.807, 2.05) is 0 Å². The van der Waals surface area contributed by atoms with Crippen LogP contribution in [0.1, 0.15) is 11.1 Å². The Kier molecular flexibility index (Phi) is 4.10. The first-order chi connectivity index (χ1) is 12.9. The van der Waals surface area contributed by atoms with Gasteiger partial charge in [0.2, 0.25) is 6.79 Å². The monoisotopic (exact) mass is 374 g/mol. The van der Waals surface area contributed by atoms with Crippen molar-refractivity contribution in [3.63, 3.8) is 0 Å². The second-order valence-electron chi connectivity index (χ2n) is 5.98. The van der Waals surface area contributed by atoms with Crippen LogP contribution in [-0.4, -0.2) is 16.6 Å². The van der Waals surface area contributed by atoms with E-state index in [9.17, 15) is 18.0 Å². The van der Waals surface area contributed by atoms with E-state index in [-0.39, 0.29) is 13.3 Å². The standard InChI is InChI=1S/C19H13F3N2O3/c20-19(21,22)14-3-1-2-12(8-14)10-24-18(25)7-5-15(23-24)13-4-6-16-17(9-13)27-11-26-16/h1-9H,10-11H2. The van der Waals surface area contributed by atoms with Crippen molar-refractivity contribution in [3.8, 4) is 22.8 Å². The minimum absolute atomic E-state index is 0.0683. The van der Waals surface area contributed by atoms with Crippen molar-refractivity contribution < 1.29 is 22.6 Å². The zero-order valence-corrected chi connectivity index (χ0v) is 13.9. The lowest BCUT2D eigenvalue weighted by atomic mass is 10.1. The van der Waals surface area contributed by atoms with Crippen molar-refractivity contribution in [3.05, 3.63) is 76.1 Å². The summed E-state index contributed by atoms with van der Waals surface area (Å²) in [6.45, 7) is 0.0718. The molecule has 0 spiro atoms. The van der Waals surface area contributed by atoms with E-state index in [1.165, 1.54) is 18.2 Å². The number of halogens is 3. The molecule has 0 aliphatic carbocycles. The van der Waals surface area contributed by atoms with Crippen LogP contribution in [0.3, 0.4) is 0 Å². The summed E-state index contributed by atoms with van der Waals surface area (Å²) in [5.74, 6) is 1.20. The largest absolute Gasteiger partial charge is 0.454 e. The molecule has 4 rings (SSSR count). The van der Waals surface area contributed by atoms with Gasteiger partial charge in [-0.1, -0.05) is 12.1 Å². The van der Waals surface area contributed by atoms with Crippen molar-refractivity contribution in [2.45, 2.75) is 12.7 Å². The summed E-state index contributed by atoms with van der Waals surface area (Å²) in [4.78, 5) is 12.1. The summed E-state index contributed by atoms with van der Waals surface area (Å²) in [6, 6.07) is 13.0. The third kappa shape index (κ3) is 3.51. The van der Waals surface area contributed by atoms with Crippen molar-refractivity contribution in [1.82, 2.24) is 9.78 Å². The maximum Gasteiger partial charge on any atom is 0.416 e. The Morgan fingerprint density at radius 3 is 2.63 bits per heavy atom. The molecule has 138 valence electrons. The molecule has 27 heavy (non-hydrogen) atoms. The predicted octanol–water partition coefficient (Wildman–Crippen LogP) is 3.71. The topological polar surface area (TPSA) is 53.4 Å². The lowest BCUT2D eigenvalue weighted by Crippen LogP contribution is -2.23. The van der Waals surface area contributed by atoms with E-state index in [4.69, 9.17) is 9.47 Å². The molecule has 5 nitrogen and oxygen atoms in total. The number of benzene rings is 2. The Bertz CT molecular complexity index is 1060. The van der Waals surface area contributed by atoms with Crippen LogP contribution in [0.5, 0.6) is 11.5 Å². The zero-order chi connectivity index (χ0) is 19.0. The van der Waals surface area contributed by atoms with Gasteiger partial charge in [-0.15, -0.1) is 0 Å². The first-order valence-electron chi connectivity index (χ1n) is 8.04. The fraction of sp³-hybridized carbons (Fsp3) is 0.158. The van der Waals surface area contributed by atoms with Crippen LogP contribution in [0.4, 0.5) is 13.2 Å². The average molecular weight is 374 g/mol. The number of aromatic nitrogens is 2. The SMILES string of the molecule is O=c1ccc(-c2ccc3c(c2)OCO3)nn1Cc1cccc(C(F)(F)F)c1. The first-order valence-corrected chi connectivity index (χ1v) is 8.04. The second kappa shape index (κ2) is 6.46. The van der Waals surface area contributed by atoms with Crippen LogP contribution in [-0.2, 0) is 12.7 Å². The van der Waals surface area contributed by atoms with Crippen LogP contribution in [0.25, 0.3) is 11.3 Å². The third-order valence-corrected chi connectivity index (χ3v) is 4.12. The van der Waals surface area contributed by atoms with E-state index in [0.717, 1.165) is 16.8 Å². The fourth-order valence-corrected chi connectivity index (χ4v) is 2.79. The molecule has 2 heterocycles. The van der Waals surface area contributed by atoms with E-state index in [0.29, 0.717) is 28.3 Å². The molecule has 0 saturated carbocycles. The lowest BCUT2D eigenvalue weighted by Gasteiger charge is -2.10. The number of hydrogen-bond donors (Lipinski definition) is 0. The van der Waals surface area contributed by atoms with Gasteiger partial charge in [-0.25, -0.2) is 4.68 Å². The van der Waals surface area contributed by atoms with Crippen LogP contribution in [0.2, 0.25) is 0 Å². The van der Waals surface area contributed by atoms with Crippen molar-refractivity contribution in [2.24, 2.45) is 0 Å². The highest BCUT2D eigenvalue weighted by molar-refractivity contribution is 5.63. The maximum atomic E-state index is 12.9. The number of rotatable bonds is 3. The average Bonchev–Trinajstić information content (AvgIpc) is 3.11. The highest BCUT2D eigenvalue weighted by Crippen LogP contribution is 2.35. The Morgan fingerprint density at radius 2 is 1.81 bits per heavy atom. The van der Waals surface area contributed by atoms with Gasteiger partial charge in [0.1, 0.15) is 0 Å². The molecule has 0 fully saturated rings. The van der Waals surface area contributed by atoms with Crippen LogP contribution in [0.15, 0.2) is 59.4 Å².